The van der Waals surface area contributed by atoms with Crippen LogP contribution in [0.25, 0.3) is 0 Å². The number of aliphatic hydroxyl groups is 1. The fourth-order valence-corrected chi connectivity index (χ4v) is 3.29. The molecule has 0 radical (unpaired) electrons. The highest BCUT2D eigenvalue weighted by Crippen LogP contribution is 2.38. The van der Waals surface area contributed by atoms with Crippen LogP contribution >= 0.6 is 0 Å². The van der Waals surface area contributed by atoms with Gasteiger partial charge in [0.2, 0.25) is 0 Å². The molecule has 2 rings (SSSR count). The molecule has 1 saturated carbocycles. The second-order valence-electron chi connectivity index (χ2n) is 5.30. The minimum atomic E-state index is -0.0978. The molecule has 0 spiro atoms. The quantitative estimate of drug-likeness (QED) is 0.762. The van der Waals surface area contributed by atoms with Gasteiger partial charge in [0.15, 0.2) is 0 Å². The first-order chi connectivity index (χ1) is 7.31. The molecule has 1 aliphatic carbocycles. The predicted molar refractivity (Wildman–Crippen MR) is 60.7 cm³/mol. The van der Waals surface area contributed by atoms with E-state index in [2.05, 4.69) is 6.92 Å². The van der Waals surface area contributed by atoms with E-state index in [1.165, 1.54) is 32.1 Å². The average molecular weight is 212 g/mol. The summed E-state index contributed by atoms with van der Waals surface area (Å²) in [6.45, 7) is 3.84. The molecule has 2 nitrogen and oxygen atoms in total. The zero-order chi connectivity index (χ0) is 10.7. The Labute approximate surface area is 93.0 Å². The minimum absolute atomic E-state index is 0.0978. The Kier molecular flexibility index (Phi) is 4.04. The van der Waals surface area contributed by atoms with E-state index in [1.54, 1.807) is 0 Å². The van der Waals surface area contributed by atoms with E-state index >= 15 is 0 Å². The highest BCUT2D eigenvalue weighted by atomic mass is 16.5. The van der Waals surface area contributed by atoms with Crippen LogP contribution in [0, 0.1) is 17.8 Å². The maximum Gasteiger partial charge on any atom is 0.0615 e. The van der Waals surface area contributed by atoms with Crippen molar-refractivity contribution in [1.29, 1.82) is 0 Å². The van der Waals surface area contributed by atoms with Crippen LogP contribution in [0.15, 0.2) is 0 Å². The van der Waals surface area contributed by atoms with Crippen molar-refractivity contribution in [1.82, 2.24) is 0 Å². The average Bonchev–Trinajstić information content (AvgIpc) is 2.30. The molecular weight excluding hydrogens is 188 g/mol. The van der Waals surface area contributed by atoms with Gasteiger partial charge in [0.1, 0.15) is 0 Å². The molecule has 2 aliphatic rings. The predicted octanol–water partition coefficient (Wildman–Crippen LogP) is 2.60. The molecule has 2 heteroatoms. The molecule has 1 saturated heterocycles. The standard InChI is InChI=1S/C13H24O2/c1-2-10-4-3-5-11(8-10)12-9-15-7-6-13(12)14/h10-14H,2-9H2,1H3. The van der Waals surface area contributed by atoms with Crippen LogP contribution in [0.1, 0.15) is 45.4 Å². The Balaban J connectivity index is 1.90. The van der Waals surface area contributed by atoms with Crippen molar-refractivity contribution in [2.75, 3.05) is 13.2 Å². The summed E-state index contributed by atoms with van der Waals surface area (Å²) >= 11 is 0. The van der Waals surface area contributed by atoms with Gasteiger partial charge in [-0.3, -0.25) is 0 Å². The van der Waals surface area contributed by atoms with E-state index in [1.807, 2.05) is 0 Å². The third kappa shape index (κ3) is 2.73. The summed E-state index contributed by atoms with van der Waals surface area (Å²) in [4.78, 5) is 0. The molecule has 0 aromatic rings. The molecule has 0 amide bonds. The van der Waals surface area contributed by atoms with Gasteiger partial charge in [-0.1, -0.05) is 26.2 Å². The van der Waals surface area contributed by atoms with Crippen LogP contribution in [0.2, 0.25) is 0 Å². The van der Waals surface area contributed by atoms with Crippen LogP contribution in [0.4, 0.5) is 0 Å². The fraction of sp³-hybridized carbons (Fsp3) is 1.00. The Morgan fingerprint density at radius 1 is 1.27 bits per heavy atom. The third-order valence-electron chi connectivity index (χ3n) is 4.37. The first-order valence-corrected chi connectivity index (χ1v) is 6.57. The molecule has 1 aliphatic heterocycles. The van der Waals surface area contributed by atoms with Crippen LogP contribution in [0.3, 0.4) is 0 Å². The van der Waals surface area contributed by atoms with Crippen molar-refractivity contribution < 1.29 is 9.84 Å². The van der Waals surface area contributed by atoms with E-state index < -0.39 is 0 Å². The molecule has 4 unspecified atom stereocenters. The normalized spacial score (nSPS) is 42.8. The minimum Gasteiger partial charge on any atom is -0.393 e. The van der Waals surface area contributed by atoms with E-state index in [-0.39, 0.29) is 6.10 Å². The number of hydrogen-bond acceptors (Lipinski definition) is 2. The lowest BCUT2D eigenvalue weighted by Gasteiger charge is -2.38. The monoisotopic (exact) mass is 212 g/mol. The highest BCUT2D eigenvalue weighted by molar-refractivity contribution is 4.83. The van der Waals surface area contributed by atoms with Gasteiger partial charge in [-0.05, 0) is 31.1 Å². The lowest BCUT2D eigenvalue weighted by atomic mass is 9.72. The molecule has 0 aromatic heterocycles. The molecular formula is C13H24O2. The van der Waals surface area contributed by atoms with E-state index in [4.69, 9.17) is 4.74 Å². The summed E-state index contributed by atoms with van der Waals surface area (Å²) < 4.78 is 5.51. The van der Waals surface area contributed by atoms with Crippen LogP contribution in [-0.4, -0.2) is 24.4 Å². The van der Waals surface area contributed by atoms with Crippen LogP contribution in [0.5, 0.6) is 0 Å². The summed E-state index contributed by atoms with van der Waals surface area (Å²) in [5, 5.41) is 10.0. The third-order valence-corrected chi connectivity index (χ3v) is 4.37. The number of hydrogen-bond donors (Lipinski definition) is 1. The van der Waals surface area contributed by atoms with Gasteiger partial charge < -0.3 is 9.84 Å². The molecule has 2 fully saturated rings. The summed E-state index contributed by atoms with van der Waals surface area (Å²) in [7, 11) is 0. The highest BCUT2D eigenvalue weighted by Gasteiger charge is 2.34. The molecule has 1 N–H and O–H groups in total. The van der Waals surface area contributed by atoms with Crippen molar-refractivity contribution in [3.05, 3.63) is 0 Å². The van der Waals surface area contributed by atoms with Crippen molar-refractivity contribution in [3.63, 3.8) is 0 Å². The largest absolute Gasteiger partial charge is 0.393 e. The lowest BCUT2D eigenvalue weighted by Crippen LogP contribution is -2.38. The van der Waals surface area contributed by atoms with Crippen molar-refractivity contribution in [2.24, 2.45) is 17.8 Å². The second-order valence-corrected chi connectivity index (χ2v) is 5.30. The first-order valence-electron chi connectivity index (χ1n) is 6.57. The Hall–Kier alpha value is -0.0800. The molecule has 4 atom stereocenters. The maximum absolute atomic E-state index is 10.0. The lowest BCUT2D eigenvalue weighted by molar-refractivity contribution is -0.0668. The first kappa shape index (κ1) is 11.4. The zero-order valence-electron chi connectivity index (χ0n) is 9.82. The van der Waals surface area contributed by atoms with Crippen LogP contribution in [-0.2, 0) is 4.74 Å². The smallest absolute Gasteiger partial charge is 0.0615 e. The summed E-state index contributed by atoms with van der Waals surface area (Å²) in [5.74, 6) is 2.05. The molecule has 0 bridgehead atoms. The van der Waals surface area contributed by atoms with Gasteiger partial charge in [0.25, 0.3) is 0 Å². The molecule has 0 aromatic carbocycles. The number of aliphatic hydroxyl groups excluding tert-OH is 1. The van der Waals surface area contributed by atoms with Crippen molar-refractivity contribution in [2.45, 2.75) is 51.6 Å². The zero-order valence-corrected chi connectivity index (χ0v) is 9.82. The fourth-order valence-electron chi connectivity index (χ4n) is 3.29. The second kappa shape index (κ2) is 5.31. The Morgan fingerprint density at radius 3 is 2.87 bits per heavy atom. The maximum atomic E-state index is 10.0. The van der Waals surface area contributed by atoms with Gasteiger partial charge in [0.05, 0.1) is 12.7 Å². The molecule has 15 heavy (non-hydrogen) atoms. The summed E-state index contributed by atoms with van der Waals surface area (Å²) in [5.41, 5.74) is 0. The summed E-state index contributed by atoms with van der Waals surface area (Å²) in [6.07, 6.45) is 7.43. The van der Waals surface area contributed by atoms with E-state index in [0.29, 0.717) is 5.92 Å². The molecule has 88 valence electrons. The Morgan fingerprint density at radius 2 is 2.13 bits per heavy atom. The SMILES string of the molecule is CCC1CCCC(C2COCCC2O)C1. The number of ether oxygens (including phenoxy) is 1. The Bertz CT molecular complexity index is 193. The van der Waals surface area contributed by atoms with Gasteiger partial charge in [0, 0.05) is 12.5 Å². The van der Waals surface area contributed by atoms with Crippen LogP contribution < -0.4 is 0 Å². The van der Waals surface area contributed by atoms with Crippen molar-refractivity contribution >= 4 is 0 Å². The molecule has 1 heterocycles. The number of rotatable bonds is 2. The van der Waals surface area contributed by atoms with Gasteiger partial charge >= 0.3 is 0 Å². The van der Waals surface area contributed by atoms with E-state index in [0.717, 1.165) is 31.5 Å². The van der Waals surface area contributed by atoms with Crippen molar-refractivity contribution in [3.8, 4) is 0 Å². The topological polar surface area (TPSA) is 29.5 Å². The van der Waals surface area contributed by atoms with Gasteiger partial charge in [-0.15, -0.1) is 0 Å². The van der Waals surface area contributed by atoms with Gasteiger partial charge in [-0.2, -0.15) is 0 Å². The van der Waals surface area contributed by atoms with E-state index in [9.17, 15) is 5.11 Å². The summed E-state index contributed by atoms with van der Waals surface area (Å²) in [6, 6.07) is 0. The van der Waals surface area contributed by atoms with Gasteiger partial charge in [-0.25, -0.2) is 0 Å².